The van der Waals surface area contributed by atoms with Gasteiger partial charge in [-0.25, -0.2) is 10.1 Å². The first-order valence-electron chi connectivity index (χ1n) is 10.9. The van der Waals surface area contributed by atoms with Crippen LogP contribution >= 0.6 is 0 Å². The van der Waals surface area contributed by atoms with Crippen molar-refractivity contribution in [3.63, 3.8) is 0 Å². The molecule has 1 heterocycles. The minimum atomic E-state index is -0.375. The first-order chi connectivity index (χ1) is 17.2. The number of nitrogens with one attached hydrogen (secondary N) is 1. The summed E-state index contributed by atoms with van der Waals surface area (Å²) >= 11 is 0. The first-order valence-corrected chi connectivity index (χ1v) is 10.9. The van der Waals surface area contributed by atoms with E-state index in [0.29, 0.717) is 23.6 Å². The molecule has 1 aromatic heterocycles. The molecule has 0 aliphatic carbocycles. The van der Waals surface area contributed by atoms with Gasteiger partial charge in [-0.05, 0) is 53.1 Å². The summed E-state index contributed by atoms with van der Waals surface area (Å²) in [6.07, 6.45) is 6.70. The van der Waals surface area contributed by atoms with Crippen molar-refractivity contribution < 1.29 is 9.53 Å². The number of aromatic nitrogens is 3. The molecule has 3 aromatic carbocycles. The average molecular weight is 463 g/mol. The number of hydrazone groups is 1. The van der Waals surface area contributed by atoms with E-state index in [-0.39, 0.29) is 12.5 Å². The van der Waals surface area contributed by atoms with Crippen LogP contribution < -0.4 is 10.2 Å². The minimum absolute atomic E-state index is 0.162. The third-order valence-corrected chi connectivity index (χ3v) is 4.93. The number of carbonyl (C=O) groups excluding carboxylic acids is 1. The van der Waals surface area contributed by atoms with Crippen molar-refractivity contribution in [3.8, 4) is 22.9 Å². The predicted octanol–water partition coefficient (Wildman–Crippen LogP) is 4.06. The highest BCUT2D eigenvalue weighted by molar-refractivity contribution is 5.81. The van der Waals surface area contributed by atoms with Gasteiger partial charge in [0.1, 0.15) is 11.4 Å². The van der Waals surface area contributed by atoms with E-state index in [1.54, 1.807) is 41.1 Å². The molecule has 0 saturated carbocycles. The lowest BCUT2D eigenvalue weighted by molar-refractivity contribution is -0.123. The van der Waals surface area contributed by atoms with Crippen molar-refractivity contribution >= 4 is 18.2 Å². The van der Waals surface area contributed by atoms with Crippen LogP contribution in [0.15, 0.2) is 96.2 Å². The number of ether oxygens (including phenoxy) is 1. The Hall–Kier alpha value is -5.03. The maximum Gasteiger partial charge on any atom is 0.277 e. The number of benzene rings is 3. The fourth-order valence-electron chi connectivity index (χ4n) is 3.19. The number of nitrogens with zero attached hydrogens (tertiary/aromatic N) is 5. The third kappa shape index (κ3) is 6.97. The van der Waals surface area contributed by atoms with Crippen LogP contribution in [0.3, 0.4) is 0 Å². The van der Waals surface area contributed by atoms with Gasteiger partial charge in [0.2, 0.25) is 0 Å². The average Bonchev–Trinajstić information content (AvgIpc) is 3.35. The highest BCUT2D eigenvalue weighted by atomic mass is 16.5. The molecule has 0 aliphatic rings. The number of hydrogen-bond donors (Lipinski definition) is 1. The summed E-state index contributed by atoms with van der Waals surface area (Å²) in [5, 5.41) is 20.9. The lowest BCUT2D eigenvalue weighted by atomic mass is 10.0. The Morgan fingerprint density at radius 2 is 1.74 bits per heavy atom. The first kappa shape index (κ1) is 23.1. The van der Waals surface area contributed by atoms with Gasteiger partial charge in [0.25, 0.3) is 5.91 Å². The predicted molar refractivity (Wildman–Crippen MR) is 133 cm³/mol. The molecule has 8 nitrogen and oxygen atoms in total. The largest absolute Gasteiger partial charge is 0.484 e. The second-order valence-corrected chi connectivity index (χ2v) is 7.50. The Morgan fingerprint density at radius 1 is 1.03 bits per heavy atom. The standard InChI is InChI=1S/C27H22N6O2/c28-17-21-8-10-23(11-9-21)24-12-14-26(15-13-24)35-20-27(34)31-29-16-4-7-25-19-33(32-30-25)18-22-5-2-1-3-6-22/h1-16,19H,18,20H2,(H,31,34)/b7-4+,29-16+. The van der Waals surface area contributed by atoms with Crippen LogP contribution in [0, 0.1) is 11.3 Å². The Balaban J connectivity index is 1.19. The summed E-state index contributed by atoms with van der Waals surface area (Å²) in [6.45, 7) is 0.481. The van der Waals surface area contributed by atoms with E-state index in [1.807, 2.05) is 60.8 Å². The second-order valence-electron chi connectivity index (χ2n) is 7.50. The maximum absolute atomic E-state index is 11.9. The molecule has 0 spiro atoms. The smallest absolute Gasteiger partial charge is 0.277 e. The van der Waals surface area contributed by atoms with Crippen LogP contribution in [0.4, 0.5) is 0 Å². The van der Waals surface area contributed by atoms with Gasteiger partial charge in [-0.15, -0.1) is 5.10 Å². The van der Waals surface area contributed by atoms with E-state index < -0.39 is 0 Å². The molecule has 4 aromatic rings. The van der Waals surface area contributed by atoms with Crippen molar-refractivity contribution in [1.29, 1.82) is 5.26 Å². The fraction of sp³-hybridized carbons (Fsp3) is 0.0741. The van der Waals surface area contributed by atoms with Gasteiger partial charge in [-0.1, -0.05) is 59.8 Å². The fourth-order valence-corrected chi connectivity index (χ4v) is 3.19. The van der Waals surface area contributed by atoms with Crippen molar-refractivity contribution in [1.82, 2.24) is 20.4 Å². The van der Waals surface area contributed by atoms with Crippen molar-refractivity contribution in [2.24, 2.45) is 5.10 Å². The molecular formula is C27H22N6O2. The molecular weight excluding hydrogens is 440 g/mol. The third-order valence-electron chi connectivity index (χ3n) is 4.93. The van der Waals surface area contributed by atoms with Crippen LogP contribution in [0.2, 0.25) is 0 Å². The molecule has 1 amide bonds. The molecule has 0 saturated heterocycles. The summed E-state index contributed by atoms with van der Waals surface area (Å²) in [6, 6.07) is 26.8. The molecule has 172 valence electrons. The minimum Gasteiger partial charge on any atom is -0.484 e. The lowest BCUT2D eigenvalue weighted by Crippen LogP contribution is -2.24. The summed E-state index contributed by atoms with van der Waals surface area (Å²) in [5.74, 6) is 0.194. The van der Waals surface area contributed by atoms with Crippen molar-refractivity contribution in [3.05, 3.63) is 108 Å². The molecule has 0 unspecified atom stereocenters. The number of rotatable bonds is 9. The Morgan fingerprint density at radius 3 is 2.46 bits per heavy atom. The SMILES string of the molecule is N#Cc1ccc(-c2ccc(OCC(=O)N/N=C/C=C/c3cn(Cc4ccccc4)nn3)cc2)cc1. The number of amides is 1. The van der Waals surface area contributed by atoms with Gasteiger partial charge in [0, 0.05) is 6.21 Å². The molecule has 0 aliphatic heterocycles. The Labute approximate surface area is 202 Å². The van der Waals surface area contributed by atoms with Gasteiger partial charge in [0.05, 0.1) is 24.4 Å². The number of carbonyl (C=O) groups is 1. The Kier molecular flexibility index (Phi) is 7.75. The van der Waals surface area contributed by atoms with Gasteiger partial charge >= 0.3 is 0 Å². The molecule has 1 N–H and O–H groups in total. The lowest BCUT2D eigenvalue weighted by Gasteiger charge is -2.06. The van der Waals surface area contributed by atoms with E-state index in [9.17, 15) is 4.79 Å². The zero-order valence-corrected chi connectivity index (χ0v) is 18.8. The topological polar surface area (TPSA) is 105 Å². The maximum atomic E-state index is 11.9. The quantitative estimate of drug-likeness (QED) is 0.298. The highest BCUT2D eigenvalue weighted by Crippen LogP contribution is 2.22. The molecule has 0 radical (unpaired) electrons. The van der Waals surface area contributed by atoms with Gasteiger partial charge in [-0.3, -0.25) is 4.79 Å². The molecule has 4 rings (SSSR count). The number of allylic oxidation sites excluding steroid dienone is 1. The van der Waals surface area contributed by atoms with Crippen LogP contribution in [-0.2, 0) is 11.3 Å². The van der Waals surface area contributed by atoms with Gasteiger partial charge in [-0.2, -0.15) is 10.4 Å². The number of nitriles is 1. The summed E-state index contributed by atoms with van der Waals surface area (Å²) in [7, 11) is 0. The van der Waals surface area contributed by atoms with Crippen molar-refractivity contribution in [2.75, 3.05) is 6.61 Å². The van der Waals surface area contributed by atoms with E-state index in [0.717, 1.165) is 16.7 Å². The van der Waals surface area contributed by atoms with E-state index >= 15 is 0 Å². The van der Waals surface area contributed by atoms with Crippen LogP contribution in [0.1, 0.15) is 16.8 Å². The molecule has 0 bridgehead atoms. The zero-order valence-electron chi connectivity index (χ0n) is 18.8. The van der Waals surface area contributed by atoms with E-state index in [1.165, 1.54) is 6.21 Å². The normalized spacial score (nSPS) is 10.9. The molecule has 8 heteroatoms. The van der Waals surface area contributed by atoms with Gasteiger partial charge < -0.3 is 4.74 Å². The molecule has 35 heavy (non-hydrogen) atoms. The number of hydrogen-bond acceptors (Lipinski definition) is 6. The van der Waals surface area contributed by atoms with Crippen LogP contribution in [0.25, 0.3) is 17.2 Å². The Bertz CT molecular complexity index is 1350. The summed E-state index contributed by atoms with van der Waals surface area (Å²) < 4.78 is 7.26. The van der Waals surface area contributed by atoms with Crippen LogP contribution in [0.5, 0.6) is 5.75 Å². The molecule has 0 atom stereocenters. The summed E-state index contributed by atoms with van der Waals surface area (Å²) in [4.78, 5) is 11.9. The van der Waals surface area contributed by atoms with Crippen molar-refractivity contribution in [2.45, 2.75) is 6.54 Å². The monoisotopic (exact) mass is 462 g/mol. The zero-order chi connectivity index (χ0) is 24.3. The molecule has 0 fully saturated rings. The van der Waals surface area contributed by atoms with Gasteiger partial charge in [0.15, 0.2) is 6.61 Å². The van der Waals surface area contributed by atoms with Crippen LogP contribution in [-0.4, -0.2) is 33.7 Å². The van der Waals surface area contributed by atoms with E-state index in [4.69, 9.17) is 10.00 Å². The summed E-state index contributed by atoms with van der Waals surface area (Å²) in [5.41, 5.74) is 6.84. The second kappa shape index (κ2) is 11.7. The highest BCUT2D eigenvalue weighted by Gasteiger charge is 2.03. The van der Waals surface area contributed by atoms with E-state index in [2.05, 4.69) is 26.9 Å².